The van der Waals surface area contributed by atoms with Crippen LogP contribution < -0.4 is 5.43 Å². The molecule has 4 rings (SSSR count). The number of piperidine rings is 2. The molecular weight excluding hydrogens is 479 g/mol. The number of para-hydroxylation sites is 1. The van der Waals surface area contributed by atoms with Gasteiger partial charge in [-0.1, -0.05) is 62.8 Å². The van der Waals surface area contributed by atoms with Crippen LogP contribution in [0.1, 0.15) is 44.1 Å². The Labute approximate surface area is 214 Å². The van der Waals surface area contributed by atoms with Crippen LogP contribution in [0.3, 0.4) is 0 Å². The van der Waals surface area contributed by atoms with Gasteiger partial charge >= 0.3 is 0 Å². The number of hydrazone groups is 1. The number of thioether (sulfide) groups is 1. The molecule has 7 nitrogen and oxygen atoms in total. The number of hydrogen-bond acceptors (Lipinski definition) is 4. The number of allylic oxidation sites excluding steroid dienone is 2. The number of phenols is 1. The Bertz CT molecular complexity index is 605. The van der Waals surface area contributed by atoms with Gasteiger partial charge in [-0.15, -0.1) is 38.8 Å². The number of rotatable bonds is 4. The van der Waals surface area contributed by atoms with Crippen molar-refractivity contribution in [3.05, 3.63) is 75.9 Å². The van der Waals surface area contributed by atoms with Crippen molar-refractivity contribution in [2.24, 2.45) is 5.10 Å². The molecule has 0 amide bonds. The summed E-state index contributed by atoms with van der Waals surface area (Å²) in [6.07, 6.45) is 19.2. The van der Waals surface area contributed by atoms with Crippen LogP contribution in [-0.2, 0) is 16.8 Å². The number of aromatic hydroxyl groups is 1. The van der Waals surface area contributed by atoms with E-state index in [9.17, 15) is 5.11 Å². The Morgan fingerprint density at radius 3 is 1.94 bits per heavy atom. The third kappa shape index (κ3) is 19.7. The van der Waals surface area contributed by atoms with Gasteiger partial charge in [0, 0.05) is 22.3 Å². The molecule has 0 aliphatic carbocycles. The Hall–Kier alpha value is -1.49. The topological polar surface area (TPSA) is 111 Å². The minimum absolute atomic E-state index is 0. The summed E-state index contributed by atoms with van der Waals surface area (Å²) in [5, 5.41) is 25.5. The van der Waals surface area contributed by atoms with E-state index in [0.29, 0.717) is 5.56 Å². The van der Waals surface area contributed by atoms with Gasteiger partial charge in [0.05, 0.1) is 6.21 Å². The van der Waals surface area contributed by atoms with Crippen molar-refractivity contribution >= 4 is 18.0 Å². The normalized spacial score (nSPS) is 17.4. The average Bonchev–Trinajstić information content (AvgIpc) is 2.89. The molecule has 1 aromatic rings. The van der Waals surface area contributed by atoms with Crippen LogP contribution in [0.25, 0.3) is 21.7 Å². The molecule has 1 aromatic carbocycles. The Kier molecular flexibility index (Phi) is 22.6. The maximum atomic E-state index is 9.36. The number of hydrogen-bond donors (Lipinski definition) is 2. The number of nitrogens with zero attached hydrogens (tertiary/aromatic N) is 4. The number of nitrogens with one attached hydrogen (secondary N) is 2. The van der Waals surface area contributed by atoms with Crippen molar-refractivity contribution in [1.82, 2.24) is 5.43 Å². The van der Waals surface area contributed by atoms with E-state index in [1.54, 1.807) is 24.4 Å². The summed E-state index contributed by atoms with van der Waals surface area (Å²) in [5.41, 5.74) is 10.1. The van der Waals surface area contributed by atoms with Crippen LogP contribution in [0.5, 0.6) is 5.75 Å². The van der Waals surface area contributed by atoms with E-state index >= 15 is 0 Å². The molecule has 3 heterocycles. The zero-order valence-corrected chi connectivity index (χ0v) is 21.4. The summed E-state index contributed by atoms with van der Waals surface area (Å²) in [6, 6.07) is 6.90. The molecule has 9 heteroatoms. The first-order valence-corrected chi connectivity index (χ1v) is 12.6. The summed E-state index contributed by atoms with van der Waals surface area (Å²) in [5.74, 6) is 0.184. The predicted octanol–water partition coefficient (Wildman–Crippen LogP) is 6.54. The van der Waals surface area contributed by atoms with Gasteiger partial charge in [0.25, 0.3) is 0 Å². The first kappa shape index (κ1) is 31.5. The predicted molar refractivity (Wildman–Crippen MR) is 141 cm³/mol. The number of benzene rings is 1. The van der Waals surface area contributed by atoms with Crippen molar-refractivity contribution in [2.75, 3.05) is 39.0 Å². The molecule has 3 N–H and O–H groups in total. The summed E-state index contributed by atoms with van der Waals surface area (Å²) in [7, 11) is 0. The molecule has 189 valence electrons. The fourth-order valence-corrected chi connectivity index (χ4v) is 2.83. The Balaban J connectivity index is 0.000000449. The van der Waals surface area contributed by atoms with E-state index in [2.05, 4.69) is 26.5 Å². The smallest absolute Gasteiger partial charge is 0.124 e. The van der Waals surface area contributed by atoms with E-state index in [4.69, 9.17) is 5.73 Å². The third-order valence-corrected chi connectivity index (χ3v) is 5.06. The van der Waals surface area contributed by atoms with Gasteiger partial charge in [-0.2, -0.15) is 23.1 Å². The monoisotopic (exact) mass is 517 g/mol. The molecular formula is C24H38CoN6OS-4. The Morgan fingerprint density at radius 2 is 1.61 bits per heavy atom. The summed E-state index contributed by atoms with van der Waals surface area (Å²) < 4.78 is 0. The fourth-order valence-electron chi connectivity index (χ4n) is 2.67. The average molecular weight is 518 g/mol. The van der Waals surface area contributed by atoms with Crippen LogP contribution in [0.4, 0.5) is 0 Å². The van der Waals surface area contributed by atoms with E-state index in [1.807, 2.05) is 30.6 Å². The van der Waals surface area contributed by atoms with Crippen molar-refractivity contribution in [1.29, 1.82) is 0 Å². The van der Waals surface area contributed by atoms with E-state index < -0.39 is 5.50 Å². The maximum absolute atomic E-state index is 9.36. The molecule has 33 heavy (non-hydrogen) atoms. The zero-order chi connectivity index (χ0) is 23.1. The molecule has 1 unspecified atom stereocenters. The fraction of sp³-hybridized carbons (Fsp3) is 0.542. The zero-order valence-electron chi connectivity index (χ0n) is 19.5. The van der Waals surface area contributed by atoms with E-state index in [0.717, 1.165) is 32.7 Å². The quantitative estimate of drug-likeness (QED) is 0.269. The second kappa shape index (κ2) is 23.7. The molecule has 0 aromatic heterocycles. The molecule has 2 fully saturated rings. The molecule has 0 bridgehead atoms. The van der Waals surface area contributed by atoms with Crippen LogP contribution in [0.2, 0.25) is 0 Å². The maximum Gasteiger partial charge on any atom is 0.124 e. The molecule has 0 spiro atoms. The third-order valence-electron chi connectivity index (χ3n) is 4.48. The van der Waals surface area contributed by atoms with Gasteiger partial charge in [-0.05, 0) is 23.9 Å². The molecule has 2 saturated heterocycles. The second-order valence-corrected chi connectivity index (χ2v) is 8.10. The summed E-state index contributed by atoms with van der Waals surface area (Å²) in [4.78, 5) is 0. The van der Waals surface area contributed by atoms with Crippen LogP contribution in [0, 0.1) is 0 Å². The first-order chi connectivity index (χ1) is 15.7. The van der Waals surface area contributed by atoms with Crippen LogP contribution >= 0.6 is 11.8 Å². The van der Waals surface area contributed by atoms with E-state index in [-0.39, 0.29) is 22.5 Å². The molecule has 3 aliphatic heterocycles. The van der Waals surface area contributed by atoms with Gasteiger partial charge in [0.2, 0.25) is 0 Å². The molecule has 0 saturated carbocycles. The van der Waals surface area contributed by atoms with Crippen molar-refractivity contribution in [3.8, 4) is 5.75 Å². The minimum Gasteiger partial charge on any atom is -0.687 e. The van der Waals surface area contributed by atoms with Crippen LogP contribution in [-0.4, -0.2) is 55.8 Å². The SMILES string of the molecule is C1=CC[N-]C=C1.C1CC[N-]CC1.C1CC[N-]CC1.CSC([NH-])N/N=C/c1ccccc1O.[Co]. The van der Waals surface area contributed by atoms with Gasteiger partial charge in [0.15, 0.2) is 0 Å². The standard InChI is InChI=1S/C9H12N3OS.2C5H10N.C5H6N.Co/c1-14-9(10)12-11-6-7-4-2-3-5-8(7)13;3*1-2-4-6-5-3-1;/h2-6,9-10,12-13H,1H3;2*1-5H2;1-4H,5H2;/q4*-1;/b11-6+;;;;. The Morgan fingerprint density at radius 1 is 1.00 bits per heavy atom. The minimum atomic E-state index is -0.475. The van der Waals surface area contributed by atoms with Crippen LogP contribution in [0.15, 0.2) is 53.8 Å². The second-order valence-electron chi connectivity index (χ2n) is 7.16. The summed E-state index contributed by atoms with van der Waals surface area (Å²) >= 11 is 1.34. The first-order valence-electron chi connectivity index (χ1n) is 11.3. The van der Waals surface area contributed by atoms with Gasteiger partial charge in [-0.3, -0.25) is 0 Å². The van der Waals surface area contributed by atoms with E-state index in [1.165, 1.54) is 56.5 Å². The van der Waals surface area contributed by atoms with Crippen molar-refractivity contribution in [2.45, 2.75) is 44.0 Å². The molecule has 3 aliphatic rings. The largest absolute Gasteiger partial charge is 0.687 e. The van der Waals surface area contributed by atoms with Gasteiger partial charge in [-0.25, -0.2) is 0 Å². The van der Waals surface area contributed by atoms with Crippen molar-refractivity contribution in [3.63, 3.8) is 0 Å². The number of phenolic OH excluding ortho intramolecular Hbond substituents is 1. The summed E-state index contributed by atoms with van der Waals surface area (Å²) in [6.45, 7) is 5.36. The molecule has 1 radical (unpaired) electrons. The van der Waals surface area contributed by atoms with Crippen molar-refractivity contribution < 1.29 is 21.9 Å². The molecule has 1 atom stereocenters. The van der Waals surface area contributed by atoms with Gasteiger partial charge < -0.3 is 32.2 Å². The van der Waals surface area contributed by atoms with Gasteiger partial charge in [0.1, 0.15) is 5.75 Å².